The van der Waals surface area contributed by atoms with E-state index in [0.29, 0.717) is 11.4 Å². The molecule has 3 rings (SSSR count). The lowest BCUT2D eigenvalue weighted by molar-refractivity contribution is 0.0813. The highest BCUT2D eigenvalue weighted by Gasteiger charge is 2.27. The molecule has 1 aromatic carbocycles. The van der Waals surface area contributed by atoms with Crippen molar-refractivity contribution in [1.82, 2.24) is 14.8 Å². The summed E-state index contributed by atoms with van der Waals surface area (Å²) >= 11 is 5.24. The quantitative estimate of drug-likeness (QED) is 0.857. The summed E-state index contributed by atoms with van der Waals surface area (Å²) in [4.78, 5) is 0. The van der Waals surface area contributed by atoms with Crippen LogP contribution in [0.5, 0.6) is 11.5 Å². The van der Waals surface area contributed by atoms with Gasteiger partial charge in [-0.2, -0.15) is 5.10 Å². The van der Waals surface area contributed by atoms with Gasteiger partial charge in [0.1, 0.15) is 6.61 Å². The molecule has 1 N–H and O–H groups in total. The Kier molecular flexibility index (Phi) is 3.02. The normalized spacial score (nSPS) is 17.7. The minimum Gasteiger partial charge on any atom is -0.485 e. The predicted octanol–water partition coefficient (Wildman–Crippen LogP) is 3.03. The Morgan fingerprint density at radius 1 is 1.37 bits per heavy atom. The van der Waals surface area contributed by atoms with Gasteiger partial charge in [0.25, 0.3) is 0 Å². The Balaban J connectivity index is 1.96. The minimum atomic E-state index is -0.245. The Labute approximate surface area is 116 Å². The van der Waals surface area contributed by atoms with Crippen molar-refractivity contribution in [2.75, 3.05) is 6.61 Å². The fraction of sp³-hybridized carbons (Fsp3) is 0.385. The SMILES string of the molecule is CC(C)n1c(C2COc3ccccc3O2)n[nH]c1=S. The zero-order valence-electron chi connectivity index (χ0n) is 10.8. The van der Waals surface area contributed by atoms with Crippen LogP contribution >= 0.6 is 12.2 Å². The predicted molar refractivity (Wildman–Crippen MR) is 73.1 cm³/mol. The molecule has 5 nitrogen and oxygen atoms in total. The van der Waals surface area contributed by atoms with Crippen LogP contribution in [0.1, 0.15) is 31.8 Å². The van der Waals surface area contributed by atoms with Crippen LogP contribution in [-0.2, 0) is 0 Å². The standard InChI is InChI=1S/C13H15N3O2S/c1-8(2)16-12(14-15-13(16)19)11-7-17-9-5-3-4-6-10(9)18-11/h3-6,8,11H,7H2,1-2H3,(H,15,19). The van der Waals surface area contributed by atoms with E-state index in [1.54, 1.807) is 0 Å². The van der Waals surface area contributed by atoms with Crippen LogP contribution in [0.4, 0.5) is 0 Å². The van der Waals surface area contributed by atoms with E-state index < -0.39 is 0 Å². The van der Waals surface area contributed by atoms with E-state index in [1.807, 2.05) is 28.8 Å². The van der Waals surface area contributed by atoms with Gasteiger partial charge in [-0.1, -0.05) is 12.1 Å². The molecule has 0 saturated carbocycles. The maximum Gasteiger partial charge on any atom is 0.195 e. The number of nitrogens with one attached hydrogen (secondary N) is 1. The second kappa shape index (κ2) is 4.70. The molecule has 100 valence electrons. The van der Waals surface area contributed by atoms with Gasteiger partial charge in [-0.15, -0.1) is 0 Å². The van der Waals surface area contributed by atoms with Crippen molar-refractivity contribution in [2.24, 2.45) is 0 Å². The Hall–Kier alpha value is -1.82. The van der Waals surface area contributed by atoms with E-state index in [-0.39, 0.29) is 12.1 Å². The molecule has 1 aliphatic rings. The highest BCUT2D eigenvalue weighted by Crippen LogP contribution is 2.35. The largest absolute Gasteiger partial charge is 0.485 e. The Morgan fingerprint density at radius 2 is 2.11 bits per heavy atom. The zero-order valence-corrected chi connectivity index (χ0v) is 11.6. The molecule has 0 aliphatic carbocycles. The number of rotatable bonds is 2. The van der Waals surface area contributed by atoms with E-state index >= 15 is 0 Å². The van der Waals surface area contributed by atoms with Gasteiger partial charge in [0.15, 0.2) is 28.2 Å². The number of fused-ring (bicyclic) bond motifs is 1. The van der Waals surface area contributed by atoms with E-state index in [1.165, 1.54) is 0 Å². The average Bonchev–Trinajstić information content (AvgIpc) is 2.80. The molecule has 0 amide bonds. The third-order valence-electron chi connectivity index (χ3n) is 3.04. The summed E-state index contributed by atoms with van der Waals surface area (Å²) in [5, 5.41) is 7.09. The fourth-order valence-corrected chi connectivity index (χ4v) is 2.54. The molecule has 0 radical (unpaired) electrons. The zero-order chi connectivity index (χ0) is 13.4. The van der Waals surface area contributed by atoms with Crippen molar-refractivity contribution >= 4 is 12.2 Å². The van der Waals surface area contributed by atoms with Crippen LogP contribution < -0.4 is 9.47 Å². The van der Waals surface area contributed by atoms with E-state index in [0.717, 1.165) is 17.3 Å². The second-order valence-corrected chi connectivity index (χ2v) is 5.10. The van der Waals surface area contributed by atoms with Crippen LogP contribution in [0.15, 0.2) is 24.3 Å². The average molecular weight is 277 g/mol. The van der Waals surface area contributed by atoms with E-state index in [2.05, 4.69) is 24.0 Å². The number of nitrogens with zero attached hydrogens (tertiary/aromatic N) is 2. The Morgan fingerprint density at radius 3 is 2.84 bits per heavy atom. The first kappa shape index (κ1) is 12.2. The lowest BCUT2D eigenvalue weighted by atomic mass is 10.2. The molecule has 1 aliphatic heterocycles. The van der Waals surface area contributed by atoms with Gasteiger partial charge in [-0.25, -0.2) is 0 Å². The van der Waals surface area contributed by atoms with Crippen LogP contribution in [0.25, 0.3) is 0 Å². The lowest BCUT2D eigenvalue weighted by Gasteiger charge is -2.26. The number of aromatic amines is 1. The highest BCUT2D eigenvalue weighted by atomic mass is 32.1. The maximum absolute atomic E-state index is 5.95. The van der Waals surface area contributed by atoms with Crippen molar-refractivity contribution < 1.29 is 9.47 Å². The molecule has 0 saturated heterocycles. The molecular weight excluding hydrogens is 262 g/mol. The number of benzene rings is 1. The number of aromatic nitrogens is 3. The smallest absolute Gasteiger partial charge is 0.195 e. The van der Waals surface area contributed by atoms with Gasteiger partial charge in [-0.05, 0) is 38.2 Å². The molecule has 0 spiro atoms. The van der Waals surface area contributed by atoms with Gasteiger partial charge in [0, 0.05) is 6.04 Å². The van der Waals surface area contributed by atoms with Gasteiger partial charge in [-0.3, -0.25) is 9.67 Å². The van der Waals surface area contributed by atoms with Crippen molar-refractivity contribution in [2.45, 2.75) is 26.0 Å². The fourth-order valence-electron chi connectivity index (χ4n) is 2.19. The summed E-state index contributed by atoms with van der Waals surface area (Å²) in [6.45, 7) is 4.56. The van der Waals surface area contributed by atoms with Crippen LogP contribution in [0.3, 0.4) is 0 Å². The van der Waals surface area contributed by atoms with Crippen molar-refractivity contribution in [1.29, 1.82) is 0 Å². The van der Waals surface area contributed by atoms with Crippen LogP contribution in [0.2, 0.25) is 0 Å². The van der Waals surface area contributed by atoms with Gasteiger partial charge < -0.3 is 9.47 Å². The number of hydrogen-bond donors (Lipinski definition) is 1. The van der Waals surface area contributed by atoms with Crippen molar-refractivity contribution in [3.8, 4) is 11.5 Å². The van der Waals surface area contributed by atoms with Crippen molar-refractivity contribution in [3.63, 3.8) is 0 Å². The maximum atomic E-state index is 5.95. The molecule has 2 aromatic rings. The molecule has 1 atom stereocenters. The molecule has 1 unspecified atom stereocenters. The third-order valence-corrected chi connectivity index (χ3v) is 3.33. The molecule has 19 heavy (non-hydrogen) atoms. The molecule has 1 aromatic heterocycles. The minimum absolute atomic E-state index is 0.224. The summed E-state index contributed by atoms with van der Waals surface area (Å²) in [5.74, 6) is 2.28. The van der Waals surface area contributed by atoms with E-state index in [4.69, 9.17) is 21.7 Å². The number of ether oxygens (including phenoxy) is 2. The summed E-state index contributed by atoms with van der Waals surface area (Å²) in [5.41, 5.74) is 0. The number of hydrogen-bond acceptors (Lipinski definition) is 4. The van der Waals surface area contributed by atoms with Gasteiger partial charge in [0.05, 0.1) is 0 Å². The van der Waals surface area contributed by atoms with Crippen molar-refractivity contribution in [3.05, 3.63) is 34.9 Å². The van der Waals surface area contributed by atoms with Gasteiger partial charge in [0.2, 0.25) is 0 Å². The number of H-pyrrole nitrogens is 1. The third kappa shape index (κ3) is 2.12. The highest BCUT2D eigenvalue weighted by molar-refractivity contribution is 7.71. The first-order chi connectivity index (χ1) is 9.16. The first-order valence-corrected chi connectivity index (χ1v) is 6.63. The topological polar surface area (TPSA) is 52.1 Å². The van der Waals surface area contributed by atoms with Gasteiger partial charge >= 0.3 is 0 Å². The summed E-state index contributed by atoms with van der Waals surface area (Å²) in [6.07, 6.45) is -0.245. The summed E-state index contributed by atoms with van der Waals surface area (Å²) < 4.78 is 14.2. The summed E-state index contributed by atoms with van der Waals surface area (Å²) in [6, 6.07) is 7.85. The molecule has 2 heterocycles. The summed E-state index contributed by atoms with van der Waals surface area (Å²) in [7, 11) is 0. The Bertz CT molecular complexity index is 647. The molecule has 0 bridgehead atoms. The molecule has 0 fully saturated rings. The second-order valence-electron chi connectivity index (χ2n) is 4.71. The van der Waals surface area contributed by atoms with Crippen LogP contribution in [0, 0.1) is 4.77 Å². The van der Waals surface area contributed by atoms with E-state index in [9.17, 15) is 0 Å². The molecule has 6 heteroatoms. The lowest BCUT2D eigenvalue weighted by Crippen LogP contribution is -2.25. The first-order valence-electron chi connectivity index (χ1n) is 6.22. The van der Waals surface area contributed by atoms with Crippen LogP contribution in [-0.4, -0.2) is 21.4 Å². The number of para-hydroxylation sites is 2. The monoisotopic (exact) mass is 277 g/mol. The molecular formula is C13H15N3O2S.